The first-order chi connectivity index (χ1) is 11.0. The van der Waals surface area contributed by atoms with Gasteiger partial charge in [-0.15, -0.1) is 0 Å². The molecule has 0 saturated carbocycles. The van der Waals surface area contributed by atoms with Crippen molar-refractivity contribution in [3.05, 3.63) is 58.6 Å². The molecule has 2 N–H and O–H groups in total. The number of halogens is 1. The van der Waals surface area contributed by atoms with Crippen LogP contribution in [0.1, 0.15) is 22.9 Å². The Balaban J connectivity index is 1.98. The highest BCUT2D eigenvalue weighted by Crippen LogP contribution is 2.25. The zero-order valence-electron chi connectivity index (χ0n) is 12.2. The van der Waals surface area contributed by atoms with Crippen LogP contribution in [0.15, 0.2) is 34.3 Å². The van der Waals surface area contributed by atoms with E-state index in [0.29, 0.717) is 18.1 Å². The molecule has 1 saturated heterocycles. The third-order valence-electron chi connectivity index (χ3n) is 3.50. The normalized spacial score (nSPS) is 16.6. The number of rotatable bonds is 3. The van der Waals surface area contributed by atoms with E-state index in [9.17, 15) is 14.3 Å². The van der Waals surface area contributed by atoms with Crippen molar-refractivity contribution in [1.82, 2.24) is 10.3 Å². The molecule has 0 spiro atoms. The summed E-state index contributed by atoms with van der Waals surface area (Å²) in [6, 6.07) is 5.94. The standard InChI is InChI=1S/C16H13FN2O3S/c1-8-19-13(14(20)11-7-18-16(23)15(11)21)12(22-8)6-9-2-4-10(17)5-3-9/h2-5,20H,6-7H2,1H3,(H,18,23). The Hall–Kier alpha value is -2.54. The minimum atomic E-state index is -0.411. The van der Waals surface area contributed by atoms with Gasteiger partial charge in [-0.1, -0.05) is 24.4 Å². The predicted molar refractivity (Wildman–Crippen MR) is 85.6 cm³/mol. The number of hydrogen-bond acceptors (Lipinski definition) is 5. The Morgan fingerprint density at radius 3 is 2.74 bits per heavy atom. The lowest BCUT2D eigenvalue weighted by Gasteiger charge is -2.03. The molecule has 1 aromatic heterocycles. The number of nitrogens with zero attached hydrogens (tertiary/aromatic N) is 1. The fourth-order valence-corrected chi connectivity index (χ4v) is 2.56. The number of ketones is 1. The molecule has 0 radical (unpaired) electrons. The van der Waals surface area contributed by atoms with Crippen LogP contribution in [0.2, 0.25) is 0 Å². The maximum absolute atomic E-state index is 13.0. The van der Waals surface area contributed by atoms with E-state index in [1.165, 1.54) is 12.1 Å². The van der Waals surface area contributed by atoms with Gasteiger partial charge >= 0.3 is 0 Å². The summed E-state index contributed by atoms with van der Waals surface area (Å²) < 4.78 is 18.5. The Bertz CT molecular complexity index is 824. The van der Waals surface area contributed by atoms with Gasteiger partial charge < -0.3 is 14.8 Å². The molecular weight excluding hydrogens is 319 g/mol. The highest BCUT2D eigenvalue weighted by molar-refractivity contribution is 7.82. The van der Waals surface area contributed by atoms with Crippen molar-refractivity contribution in [3.8, 4) is 0 Å². The van der Waals surface area contributed by atoms with E-state index in [1.54, 1.807) is 19.1 Å². The summed E-state index contributed by atoms with van der Waals surface area (Å²) in [5, 5.41) is 13.1. The van der Waals surface area contributed by atoms with Gasteiger partial charge in [-0.3, -0.25) is 4.79 Å². The van der Waals surface area contributed by atoms with Gasteiger partial charge in [0.25, 0.3) is 0 Å². The van der Waals surface area contributed by atoms with Gasteiger partial charge in [-0.25, -0.2) is 9.37 Å². The molecule has 2 heterocycles. The fraction of sp³-hybridized carbons (Fsp3) is 0.188. The number of aromatic nitrogens is 1. The van der Waals surface area contributed by atoms with Crippen molar-refractivity contribution < 1.29 is 18.7 Å². The lowest BCUT2D eigenvalue weighted by atomic mass is 10.1. The molecule has 1 aliphatic rings. The van der Waals surface area contributed by atoms with E-state index in [2.05, 4.69) is 10.3 Å². The first kappa shape index (κ1) is 15.4. The third kappa shape index (κ3) is 3.00. The van der Waals surface area contributed by atoms with Gasteiger partial charge in [0, 0.05) is 19.9 Å². The number of aliphatic hydroxyl groups excluding tert-OH is 1. The van der Waals surface area contributed by atoms with E-state index >= 15 is 0 Å². The number of oxazole rings is 1. The highest BCUT2D eigenvalue weighted by atomic mass is 32.1. The lowest BCUT2D eigenvalue weighted by Crippen LogP contribution is -2.15. The van der Waals surface area contributed by atoms with Crippen LogP contribution in [-0.4, -0.2) is 27.4 Å². The number of benzene rings is 1. The lowest BCUT2D eigenvalue weighted by molar-refractivity contribution is -0.109. The minimum Gasteiger partial charge on any atom is -0.505 e. The second-order valence-corrected chi connectivity index (χ2v) is 5.56. The Labute approximate surface area is 136 Å². The van der Waals surface area contributed by atoms with Crippen LogP contribution in [-0.2, 0) is 11.2 Å². The summed E-state index contributed by atoms with van der Waals surface area (Å²) in [7, 11) is 0. The minimum absolute atomic E-state index is 0.0758. The van der Waals surface area contributed by atoms with Crippen LogP contribution in [0.4, 0.5) is 4.39 Å². The number of thiocarbonyl (C=S) groups is 1. The summed E-state index contributed by atoms with van der Waals surface area (Å²) in [6.45, 7) is 1.81. The second-order valence-electron chi connectivity index (χ2n) is 5.15. The number of hydrogen-bond donors (Lipinski definition) is 2. The topological polar surface area (TPSA) is 75.4 Å². The fourth-order valence-electron chi connectivity index (χ4n) is 2.36. The molecule has 118 valence electrons. The molecule has 0 bridgehead atoms. The summed E-state index contributed by atoms with van der Waals surface area (Å²) in [5.74, 6) is -0.207. The third-order valence-corrected chi connectivity index (χ3v) is 3.83. The molecule has 1 aromatic carbocycles. The highest BCUT2D eigenvalue weighted by Gasteiger charge is 2.29. The molecule has 1 fully saturated rings. The summed E-state index contributed by atoms with van der Waals surface area (Å²) in [5.41, 5.74) is 1.18. The number of aliphatic hydroxyl groups is 1. The van der Waals surface area contributed by atoms with E-state index in [0.717, 1.165) is 5.56 Å². The monoisotopic (exact) mass is 332 g/mol. The van der Waals surface area contributed by atoms with Gasteiger partial charge in [-0.2, -0.15) is 0 Å². The zero-order valence-corrected chi connectivity index (χ0v) is 13.0. The molecule has 7 heteroatoms. The average Bonchev–Trinajstić information content (AvgIpc) is 3.05. The number of carbonyl (C=O) groups excluding carboxylic acids is 1. The second kappa shape index (κ2) is 5.92. The van der Waals surface area contributed by atoms with Crippen molar-refractivity contribution >= 4 is 28.7 Å². The van der Waals surface area contributed by atoms with Crippen molar-refractivity contribution in [1.29, 1.82) is 0 Å². The molecule has 2 aromatic rings. The Morgan fingerprint density at radius 1 is 1.43 bits per heavy atom. The van der Waals surface area contributed by atoms with Crippen LogP contribution < -0.4 is 5.32 Å². The predicted octanol–water partition coefficient (Wildman–Crippen LogP) is 2.48. The van der Waals surface area contributed by atoms with Crippen LogP contribution >= 0.6 is 12.2 Å². The molecule has 23 heavy (non-hydrogen) atoms. The van der Waals surface area contributed by atoms with E-state index in [1.807, 2.05) is 0 Å². The maximum atomic E-state index is 13.0. The van der Waals surface area contributed by atoms with Gasteiger partial charge in [0.1, 0.15) is 22.3 Å². The smallest absolute Gasteiger partial charge is 0.221 e. The average molecular weight is 332 g/mol. The van der Waals surface area contributed by atoms with Crippen LogP contribution in [0.5, 0.6) is 0 Å². The van der Waals surface area contributed by atoms with Crippen LogP contribution in [0.3, 0.4) is 0 Å². The molecule has 0 atom stereocenters. The van der Waals surface area contributed by atoms with Crippen LogP contribution in [0.25, 0.3) is 5.76 Å². The molecule has 3 rings (SSSR count). The maximum Gasteiger partial charge on any atom is 0.221 e. The summed E-state index contributed by atoms with van der Waals surface area (Å²) in [6.07, 6.45) is 0.319. The quantitative estimate of drug-likeness (QED) is 0.511. The van der Waals surface area contributed by atoms with Gasteiger partial charge in [0.05, 0.1) is 5.57 Å². The largest absolute Gasteiger partial charge is 0.505 e. The van der Waals surface area contributed by atoms with E-state index in [4.69, 9.17) is 16.6 Å². The molecule has 0 amide bonds. The Kier molecular flexibility index (Phi) is 3.96. The zero-order chi connectivity index (χ0) is 16.6. The van der Waals surface area contributed by atoms with Crippen molar-refractivity contribution in [2.24, 2.45) is 0 Å². The van der Waals surface area contributed by atoms with Crippen molar-refractivity contribution in [2.75, 3.05) is 6.54 Å². The van der Waals surface area contributed by atoms with E-state index < -0.39 is 5.78 Å². The van der Waals surface area contributed by atoms with Crippen LogP contribution in [0, 0.1) is 12.7 Å². The van der Waals surface area contributed by atoms with Gasteiger partial charge in [0.15, 0.2) is 11.6 Å². The molecule has 1 aliphatic heterocycles. The van der Waals surface area contributed by atoms with E-state index in [-0.39, 0.29) is 34.4 Å². The number of nitrogens with one attached hydrogen (secondary N) is 1. The van der Waals surface area contributed by atoms with Gasteiger partial charge in [0.2, 0.25) is 5.78 Å². The SMILES string of the molecule is Cc1nc(C(O)=C2CNC(=S)C2=O)c(Cc2ccc(F)cc2)o1. The summed E-state index contributed by atoms with van der Waals surface area (Å²) >= 11 is 4.86. The molecular formula is C16H13FN2O3S. The van der Waals surface area contributed by atoms with Crippen molar-refractivity contribution in [3.63, 3.8) is 0 Å². The number of carbonyl (C=O) groups is 1. The first-order valence-electron chi connectivity index (χ1n) is 6.91. The number of Topliss-reactive ketones (excluding diaryl/α,β-unsaturated/α-hetero) is 1. The first-order valence-corrected chi connectivity index (χ1v) is 7.32. The van der Waals surface area contributed by atoms with Gasteiger partial charge in [-0.05, 0) is 17.7 Å². The number of aryl methyl sites for hydroxylation is 1. The molecule has 0 aliphatic carbocycles. The van der Waals surface area contributed by atoms with Crippen molar-refractivity contribution in [2.45, 2.75) is 13.3 Å². The summed E-state index contributed by atoms with van der Waals surface area (Å²) in [4.78, 5) is 16.1. The Morgan fingerprint density at radius 2 is 2.13 bits per heavy atom. The molecule has 5 nitrogen and oxygen atoms in total. The molecule has 0 unspecified atom stereocenters.